The van der Waals surface area contributed by atoms with E-state index in [1.807, 2.05) is 24.3 Å². The first-order valence-corrected chi connectivity index (χ1v) is 7.93. The Balaban J connectivity index is 1.77. The molecule has 0 radical (unpaired) electrons. The summed E-state index contributed by atoms with van der Waals surface area (Å²) in [6, 6.07) is 7.93. The lowest BCUT2D eigenvalue weighted by atomic mass is 10.1. The van der Waals surface area contributed by atoms with Gasteiger partial charge < -0.3 is 10.4 Å². The van der Waals surface area contributed by atoms with E-state index in [4.69, 9.17) is 0 Å². The molecule has 1 heterocycles. The fourth-order valence-corrected chi connectivity index (χ4v) is 3.76. The van der Waals surface area contributed by atoms with Crippen molar-refractivity contribution in [2.45, 2.75) is 26.3 Å². The molecule has 1 atom stereocenters. The van der Waals surface area contributed by atoms with Crippen LogP contribution in [0.15, 0.2) is 24.3 Å². The van der Waals surface area contributed by atoms with E-state index in [1.165, 1.54) is 24.2 Å². The molecule has 0 amide bonds. The highest BCUT2D eigenvalue weighted by Crippen LogP contribution is 2.36. The summed E-state index contributed by atoms with van der Waals surface area (Å²) in [7, 11) is 0. The second-order valence-electron chi connectivity index (χ2n) is 5.66. The maximum absolute atomic E-state index is 11.4. The van der Waals surface area contributed by atoms with E-state index in [0.29, 0.717) is 17.3 Å². The summed E-state index contributed by atoms with van der Waals surface area (Å²) < 4.78 is 1.05. The number of carboxylic acids is 1. The summed E-state index contributed by atoms with van der Waals surface area (Å²) in [6.07, 6.45) is 2.70. The number of rotatable bonds is 6. The zero-order valence-corrected chi connectivity index (χ0v) is 12.4. The summed E-state index contributed by atoms with van der Waals surface area (Å²) in [5, 5.41) is 13.9. The fourth-order valence-electron chi connectivity index (χ4n) is 2.70. The number of hydrogen-bond acceptors (Lipinski definition) is 3. The van der Waals surface area contributed by atoms with Crippen LogP contribution in [0.25, 0.3) is 10.1 Å². The molecule has 106 valence electrons. The van der Waals surface area contributed by atoms with Gasteiger partial charge in [-0.15, -0.1) is 11.3 Å². The minimum Gasteiger partial charge on any atom is -0.477 e. The molecule has 2 aromatic rings. The highest BCUT2D eigenvalue weighted by Gasteiger charge is 2.27. The van der Waals surface area contributed by atoms with E-state index in [0.717, 1.165) is 28.1 Å². The van der Waals surface area contributed by atoms with Crippen molar-refractivity contribution in [1.82, 2.24) is 5.32 Å². The Hall–Kier alpha value is -1.39. The van der Waals surface area contributed by atoms with Crippen LogP contribution in [0.2, 0.25) is 0 Å². The van der Waals surface area contributed by atoms with E-state index in [1.54, 1.807) is 0 Å². The molecule has 0 bridgehead atoms. The topological polar surface area (TPSA) is 49.3 Å². The lowest BCUT2D eigenvalue weighted by molar-refractivity contribution is 0.0701. The van der Waals surface area contributed by atoms with Crippen LogP contribution in [0.4, 0.5) is 0 Å². The maximum Gasteiger partial charge on any atom is 0.346 e. The van der Waals surface area contributed by atoms with Gasteiger partial charge in [0.05, 0.1) is 0 Å². The Bertz CT molecular complexity index is 630. The molecule has 1 aliphatic rings. The van der Waals surface area contributed by atoms with Crippen LogP contribution in [0.1, 0.15) is 35.0 Å². The molecule has 20 heavy (non-hydrogen) atoms. The number of nitrogens with one attached hydrogen (secondary N) is 1. The summed E-state index contributed by atoms with van der Waals surface area (Å²) in [4.78, 5) is 11.9. The number of fused-ring (bicyclic) bond motifs is 1. The SMILES string of the molecule is CC(CNCc1c(C(=O)O)sc2ccccc12)C1CC1. The second kappa shape index (κ2) is 5.54. The van der Waals surface area contributed by atoms with E-state index < -0.39 is 5.97 Å². The van der Waals surface area contributed by atoms with E-state index >= 15 is 0 Å². The summed E-state index contributed by atoms with van der Waals surface area (Å²) >= 11 is 1.37. The number of carbonyl (C=O) groups is 1. The molecule has 0 saturated heterocycles. The third kappa shape index (κ3) is 2.72. The number of hydrogen-bond donors (Lipinski definition) is 2. The fraction of sp³-hybridized carbons (Fsp3) is 0.438. The first-order valence-electron chi connectivity index (χ1n) is 7.11. The van der Waals surface area contributed by atoms with Crippen LogP contribution < -0.4 is 5.32 Å². The molecule has 1 saturated carbocycles. The van der Waals surface area contributed by atoms with Gasteiger partial charge in [-0.1, -0.05) is 25.1 Å². The quantitative estimate of drug-likeness (QED) is 0.851. The largest absolute Gasteiger partial charge is 0.477 e. The molecule has 2 N–H and O–H groups in total. The standard InChI is InChI=1S/C16H19NO2S/c1-10(11-6-7-11)8-17-9-13-12-4-2-3-5-14(12)20-15(13)16(18)19/h2-5,10-11,17H,6-9H2,1H3,(H,18,19). The summed E-state index contributed by atoms with van der Waals surface area (Å²) in [5.74, 6) is 0.743. The van der Waals surface area contributed by atoms with Gasteiger partial charge in [0.15, 0.2) is 0 Å². The predicted octanol–water partition coefficient (Wildman–Crippen LogP) is 3.74. The van der Waals surface area contributed by atoms with E-state index in [2.05, 4.69) is 12.2 Å². The summed E-state index contributed by atoms with van der Waals surface area (Å²) in [6.45, 7) is 3.88. The molecule has 1 aliphatic carbocycles. The van der Waals surface area contributed by atoms with Gasteiger partial charge in [0.2, 0.25) is 0 Å². The van der Waals surface area contributed by atoms with Crippen molar-refractivity contribution in [3.63, 3.8) is 0 Å². The van der Waals surface area contributed by atoms with E-state index in [-0.39, 0.29) is 0 Å². The Morgan fingerprint density at radius 1 is 1.45 bits per heavy atom. The molecular formula is C16H19NO2S. The summed E-state index contributed by atoms with van der Waals surface area (Å²) in [5.41, 5.74) is 0.932. The molecule has 0 spiro atoms. The van der Waals surface area contributed by atoms with Crippen LogP contribution in [-0.2, 0) is 6.54 Å². The van der Waals surface area contributed by atoms with Gasteiger partial charge >= 0.3 is 5.97 Å². The molecule has 1 aromatic carbocycles. The average molecular weight is 289 g/mol. The van der Waals surface area contributed by atoms with Crippen molar-refractivity contribution in [3.8, 4) is 0 Å². The smallest absolute Gasteiger partial charge is 0.346 e. The van der Waals surface area contributed by atoms with Crippen LogP contribution >= 0.6 is 11.3 Å². The lowest BCUT2D eigenvalue weighted by Gasteiger charge is -2.11. The van der Waals surface area contributed by atoms with Crippen LogP contribution in [0.5, 0.6) is 0 Å². The van der Waals surface area contributed by atoms with Gasteiger partial charge in [0.25, 0.3) is 0 Å². The number of benzene rings is 1. The number of thiophene rings is 1. The van der Waals surface area contributed by atoms with Crippen LogP contribution in [0.3, 0.4) is 0 Å². The Morgan fingerprint density at radius 2 is 2.20 bits per heavy atom. The van der Waals surface area contributed by atoms with Crippen molar-refractivity contribution in [3.05, 3.63) is 34.7 Å². The molecule has 1 unspecified atom stereocenters. The molecule has 3 nitrogen and oxygen atoms in total. The van der Waals surface area contributed by atoms with Crippen LogP contribution in [0, 0.1) is 11.8 Å². The van der Waals surface area contributed by atoms with Gasteiger partial charge in [0, 0.05) is 11.2 Å². The third-order valence-corrected chi connectivity index (χ3v) is 5.29. The monoisotopic (exact) mass is 289 g/mol. The molecular weight excluding hydrogens is 270 g/mol. The normalized spacial score (nSPS) is 16.4. The maximum atomic E-state index is 11.4. The minimum atomic E-state index is -0.821. The van der Waals surface area contributed by atoms with Gasteiger partial charge in [-0.2, -0.15) is 0 Å². The minimum absolute atomic E-state index is 0.470. The average Bonchev–Trinajstić information content (AvgIpc) is 3.21. The highest BCUT2D eigenvalue weighted by molar-refractivity contribution is 7.21. The van der Waals surface area contributed by atoms with Crippen molar-refractivity contribution in [2.24, 2.45) is 11.8 Å². The van der Waals surface area contributed by atoms with Crippen molar-refractivity contribution >= 4 is 27.4 Å². The van der Waals surface area contributed by atoms with Crippen molar-refractivity contribution in [2.75, 3.05) is 6.54 Å². The zero-order chi connectivity index (χ0) is 14.1. The lowest BCUT2D eigenvalue weighted by Crippen LogP contribution is -2.22. The molecule has 4 heteroatoms. The zero-order valence-electron chi connectivity index (χ0n) is 11.6. The molecule has 1 aromatic heterocycles. The van der Waals surface area contributed by atoms with E-state index in [9.17, 15) is 9.90 Å². The Morgan fingerprint density at radius 3 is 2.90 bits per heavy atom. The first kappa shape index (κ1) is 13.6. The number of aromatic carboxylic acids is 1. The second-order valence-corrected chi connectivity index (χ2v) is 6.71. The predicted molar refractivity (Wildman–Crippen MR) is 82.4 cm³/mol. The Kier molecular flexibility index (Phi) is 3.76. The van der Waals surface area contributed by atoms with Crippen molar-refractivity contribution < 1.29 is 9.90 Å². The highest BCUT2D eigenvalue weighted by atomic mass is 32.1. The van der Waals surface area contributed by atoms with Gasteiger partial charge in [0.1, 0.15) is 4.88 Å². The van der Waals surface area contributed by atoms with Gasteiger partial charge in [-0.3, -0.25) is 0 Å². The molecule has 1 fully saturated rings. The van der Waals surface area contributed by atoms with Crippen molar-refractivity contribution in [1.29, 1.82) is 0 Å². The third-order valence-electron chi connectivity index (χ3n) is 4.09. The van der Waals surface area contributed by atoms with Crippen LogP contribution in [-0.4, -0.2) is 17.6 Å². The molecule has 0 aliphatic heterocycles. The molecule has 3 rings (SSSR count). The Labute approximate surface area is 122 Å². The van der Waals surface area contributed by atoms with Gasteiger partial charge in [-0.05, 0) is 48.2 Å². The number of carboxylic acid groups (broad SMARTS) is 1. The first-order chi connectivity index (χ1) is 9.66. The van der Waals surface area contributed by atoms with Gasteiger partial charge in [-0.25, -0.2) is 4.79 Å².